The number of aromatic nitrogens is 1. The summed E-state index contributed by atoms with van der Waals surface area (Å²) in [7, 11) is 0. The van der Waals surface area contributed by atoms with Gasteiger partial charge in [0.2, 0.25) is 0 Å². The van der Waals surface area contributed by atoms with E-state index in [1.54, 1.807) is 30.6 Å². The van der Waals surface area contributed by atoms with E-state index >= 15 is 0 Å². The van der Waals surface area contributed by atoms with Crippen molar-refractivity contribution < 1.29 is 14.4 Å². The molecule has 0 unspecified atom stereocenters. The van der Waals surface area contributed by atoms with Crippen LogP contribution in [0.2, 0.25) is 0 Å². The number of benzene rings is 1. The summed E-state index contributed by atoms with van der Waals surface area (Å²) in [5.74, 6) is 0. The van der Waals surface area contributed by atoms with Gasteiger partial charge in [-0.3, -0.25) is 20.2 Å². The molecule has 0 aliphatic heterocycles. The third-order valence-corrected chi connectivity index (χ3v) is 2.37. The van der Waals surface area contributed by atoms with Gasteiger partial charge in [-0.05, 0) is 6.07 Å². The van der Waals surface area contributed by atoms with Gasteiger partial charge in [-0.2, -0.15) is 4.57 Å². The van der Waals surface area contributed by atoms with Crippen molar-refractivity contribution in [2.75, 3.05) is 0 Å². The number of hydrogen-bond acceptors (Lipinski definition) is 4. The topological polar surface area (TPSA) is 90.2 Å². The van der Waals surface area contributed by atoms with Crippen LogP contribution in [0, 0.1) is 20.2 Å². The van der Waals surface area contributed by atoms with Gasteiger partial charge >= 0.3 is 11.4 Å². The maximum absolute atomic E-state index is 11.0. The smallest absolute Gasteiger partial charge is 0.258 e. The van der Waals surface area contributed by atoms with Crippen molar-refractivity contribution in [1.29, 1.82) is 0 Å². The molecule has 0 saturated carbocycles. The zero-order valence-corrected chi connectivity index (χ0v) is 9.09. The Morgan fingerprint density at radius 3 is 2.11 bits per heavy atom. The van der Waals surface area contributed by atoms with Crippen molar-refractivity contribution in [1.82, 2.24) is 0 Å². The molecule has 1 heterocycles. The first-order valence-corrected chi connectivity index (χ1v) is 4.99. The van der Waals surface area contributed by atoms with Crippen molar-refractivity contribution in [2.24, 2.45) is 0 Å². The highest BCUT2D eigenvalue weighted by molar-refractivity contribution is 5.61. The highest BCUT2D eigenvalue weighted by Crippen LogP contribution is 2.30. The van der Waals surface area contributed by atoms with Crippen LogP contribution in [-0.4, -0.2) is 9.85 Å². The largest absolute Gasteiger partial charge is 0.416 e. The van der Waals surface area contributed by atoms with E-state index in [0.717, 1.165) is 6.07 Å². The van der Waals surface area contributed by atoms with Gasteiger partial charge in [0.1, 0.15) is 0 Å². The third kappa shape index (κ3) is 2.01. The summed E-state index contributed by atoms with van der Waals surface area (Å²) in [5, 5.41) is 21.8. The summed E-state index contributed by atoms with van der Waals surface area (Å²) >= 11 is 0. The molecule has 1 aromatic heterocycles. The molecule has 7 nitrogen and oxygen atoms in total. The molecule has 0 aliphatic carbocycles. The van der Waals surface area contributed by atoms with Crippen LogP contribution >= 0.6 is 0 Å². The van der Waals surface area contributed by atoms with E-state index in [1.807, 2.05) is 0 Å². The molecule has 2 aromatic rings. The maximum atomic E-state index is 11.0. The summed E-state index contributed by atoms with van der Waals surface area (Å²) in [6.07, 6.45) is 3.18. The van der Waals surface area contributed by atoms with Crippen LogP contribution in [0.15, 0.2) is 48.8 Å². The number of nitrogens with zero attached hydrogens (tertiary/aromatic N) is 3. The molecule has 18 heavy (non-hydrogen) atoms. The molecule has 0 atom stereocenters. The maximum Gasteiger partial charge on any atom is 0.416 e. The summed E-state index contributed by atoms with van der Waals surface area (Å²) in [4.78, 5) is 20.3. The number of nitro groups is 2. The number of para-hydroxylation sites is 1. The Morgan fingerprint density at radius 1 is 0.889 bits per heavy atom. The van der Waals surface area contributed by atoms with Gasteiger partial charge in [-0.15, -0.1) is 0 Å². The predicted molar refractivity (Wildman–Crippen MR) is 61.3 cm³/mol. The van der Waals surface area contributed by atoms with E-state index in [0.29, 0.717) is 0 Å². The monoisotopic (exact) mass is 246 g/mol. The van der Waals surface area contributed by atoms with Gasteiger partial charge in [0.15, 0.2) is 12.4 Å². The fraction of sp³-hybridized carbons (Fsp3) is 0. The van der Waals surface area contributed by atoms with Gasteiger partial charge in [0.25, 0.3) is 5.69 Å². The molecule has 2 rings (SSSR count). The SMILES string of the molecule is O=[N+]([O-])c1cccc(-[n+]2ccccc2)c1[N+](=O)[O-]. The molecule has 1 aromatic carbocycles. The van der Waals surface area contributed by atoms with Crippen LogP contribution < -0.4 is 4.57 Å². The van der Waals surface area contributed by atoms with Crippen molar-refractivity contribution in [3.8, 4) is 5.69 Å². The van der Waals surface area contributed by atoms with Gasteiger partial charge in [-0.1, -0.05) is 6.07 Å². The molecule has 0 fully saturated rings. The first-order chi connectivity index (χ1) is 8.61. The van der Waals surface area contributed by atoms with Gasteiger partial charge in [0, 0.05) is 24.3 Å². The molecule has 0 saturated heterocycles. The average molecular weight is 246 g/mol. The van der Waals surface area contributed by atoms with E-state index in [9.17, 15) is 20.2 Å². The minimum absolute atomic E-state index is 0.162. The van der Waals surface area contributed by atoms with E-state index in [-0.39, 0.29) is 5.69 Å². The summed E-state index contributed by atoms with van der Waals surface area (Å²) in [6.45, 7) is 0. The third-order valence-electron chi connectivity index (χ3n) is 2.37. The van der Waals surface area contributed by atoms with Crippen molar-refractivity contribution >= 4 is 11.4 Å². The van der Waals surface area contributed by atoms with Crippen LogP contribution in [0.25, 0.3) is 5.69 Å². The van der Waals surface area contributed by atoms with Gasteiger partial charge in [-0.25, -0.2) is 0 Å². The predicted octanol–water partition coefficient (Wildman–Crippen LogP) is 1.78. The lowest BCUT2D eigenvalue weighted by Crippen LogP contribution is -2.30. The lowest BCUT2D eigenvalue weighted by Gasteiger charge is -1.98. The second-order valence-electron chi connectivity index (χ2n) is 3.44. The van der Waals surface area contributed by atoms with Crippen LogP contribution in [-0.2, 0) is 0 Å². The Hall–Kier alpha value is -2.83. The van der Waals surface area contributed by atoms with Crippen molar-refractivity contribution in [3.63, 3.8) is 0 Å². The van der Waals surface area contributed by atoms with E-state index < -0.39 is 21.2 Å². The molecule has 0 amide bonds. The lowest BCUT2D eigenvalue weighted by atomic mass is 10.2. The molecule has 0 spiro atoms. The fourth-order valence-corrected chi connectivity index (χ4v) is 1.62. The standard InChI is InChI=1S/C11H8N3O4/c15-13(16)10-6-4-5-9(11(10)14(17)18)12-7-2-1-3-8-12/h1-8H/q+1. The van der Waals surface area contributed by atoms with Gasteiger partial charge < -0.3 is 0 Å². The quantitative estimate of drug-likeness (QED) is 0.469. The second kappa shape index (κ2) is 4.58. The molecule has 7 heteroatoms. The number of hydrogen-bond donors (Lipinski definition) is 0. The van der Waals surface area contributed by atoms with Crippen LogP contribution in [0.4, 0.5) is 11.4 Å². The summed E-state index contributed by atoms with van der Waals surface area (Å²) < 4.78 is 1.46. The van der Waals surface area contributed by atoms with E-state index in [1.165, 1.54) is 16.7 Å². The molecule has 90 valence electrons. The first kappa shape index (κ1) is 11.6. The summed E-state index contributed by atoms with van der Waals surface area (Å²) in [6, 6.07) is 9.11. The number of rotatable bonds is 3. The zero-order valence-electron chi connectivity index (χ0n) is 9.09. The Morgan fingerprint density at radius 2 is 1.56 bits per heavy atom. The fourth-order valence-electron chi connectivity index (χ4n) is 1.62. The second-order valence-corrected chi connectivity index (χ2v) is 3.44. The highest BCUT2D eigenvalue weighted by Gasteiger charge is 2.33. The number of nitro benzene ring substituents is 2. The lowest BCUT2D eigenvalue weighted by molar-refractivity contribution is -0.601. The minimum Gasteiger partial charge on any atom is -0.258 e. The van der Waals surface area contributed by atoms with Crippen molar-refractivity contribution in [3.05, 3.63) is 69.0 Å². The van der Waals surface area contributed by atoms with Crippen LogP contribution in [0.1, 0.15) is 0 Å². The van der Waals surface area contributed by atoms with Gasteiger partial charge in [0.05, 0.1) is 9.85 Å². The van der Waals surface area contributed by atoms with Crippen LogP contribution in [0.5, 0.6) is 0 Å². The van der Waals surface area contributed by atoms with Crippen LogP contribution in [0.3, 0.4) is 0 Å². The van der Waals surface area contributed by atoms with E-state index in [4.69, 9.17) is 0 Å². The first-order valence-electron chi connectivity index (χ1n) is 4.99. The zero-order chi connectivity index (χ0) is 13.1. The Balaban J connectivity index is 2.72. The molecular formula is C11H8N3O4+. The van der Waals surface area contributed by atoms with E-state index in [2.05, 4.69) is 0 Å². The molecule has 0 N–H and O–H groups in total. The Bertz CT molecular complexity index is 613. The normalized spacial score (nSPS) is 10.0. The van der Waals surface area contributed by atoms with Crippen molar-refractivity contribution in [2.45, 2.75) is 0 Å². The average Bonchev–Trinajstić information content (AvgIpc) is 2.38. The number of pyridine rings is 1. The molecule has 0 bridgehead atoms. The Labute approximate surface area is 101 Å². The summed E-state index contributed by atoms with van der Waals surface area (Å²) in [5.41, 5.74) is -0.873. The minimum atomic E-state index is -0.759. The molecule has 0 aliphatic rings. The highest BCUT2D eigenvalue weighted by atomic mass is 16.6. The molecular weight excluding hydrogens is 238 g/mol. The molecule has 0 radical (unpaired) electrons. The Kier molecular flexibility index (Phi) is 2.96.